The summed E-state index contributed by atoms with van der Waals surface area (Å²) in [7, 11) is 1.54. The Morgan fingerprint density at radius 2 is 1.93 bits per heavy atom. The van der Waals surface area contributed by atoms with Crippen LogP contribution in [0.3, 0.4) is 0 Å². The molecule has 2 amide bonds. The quantitative estimate of drug-likeness (QED) is 0.625. The number of carbonyl (C=O) groups excluding carboxylic acids is 2. The zero-order valence-electron chi connectivity index (χ0n) is 16.2. The highest BCUT2D eigenvalue weighted by molar-refractivity contribution is 9.10. The first-order valence-electron chi connectivity index (χ1n) is 8.89. The zero-order valence-corrected chi connectivity index (χ0v) is 17.8. The van der Waals surface area contributed by atoms with Crippen LogP contribution >= 0.6 is 15.9 Å². The third kappa shape index (κ3) is 4.54. The van der Waals surface area contributed by atoms with Crippen LogP contribution in [0, 0.1) is 19.7 Å². The first-order chi connectivity index (χ1) is 13.8. The third-order valence-corrected chi connectivity index (χ3v) is 5.00. The zero-order chi connectivity index (χ0) is 21.1. The summed E-state index contributed by atoms with van der Waals surface area (Å²) in [6.07, 6.45) is 1.39. The molecular formula is C21H20BrFN4O2. The summed E-state index contributed by atoms with van der Waals surface area (Å²) in [5, 5.41) is 6.94. The number of aryl methyl sites for hydroxylation is 1. The fraction of sp³-hybridized carbons (Fsp3) is 0.190. The van der Waals surface area contributed by atoms with Gasteiger partial charge in [0.15, 0.2) is 0 Å². The number of amides is 2. The molecule has 0 radical (unpaired) electrons. The molecule has 0 aliphatic heterocycles. The molecule has 8 heteroatoms. The highest BCUT2D eigenvalue weighted by atomic mass is 79.9. The number of nitrogens with one attached hydrogen (secondary N) is 1. The van der Waals surface area contributed by atoms with Crippen LogP contribution in [0.15, 0.2) is 53.1 Å². The van der Waals surface area contributed by atoms with Crippen LogP contribution in [0.1, 0.15) is 21.6 Å². The lowest BCUT2D eigenvalue weighted by molar-refractivity contribution is -0.116. The Bertz CT molecular complexity index is 1080. The summed E-state index contributed by atoms with van der Waals surface area (Å²) in [6, 6.07) is 11.7. The lowest BCUT2D eigenvalue weighted by Crippen LogP contribution is -2.35. The smallest absolute Gasteiger partial charge is 0.257 e. The molecule has 150 valence electrons. The molecule has 29 heavy (non-hydrogen) atoms. The fourth-order valence-electron chi connectivity index (χ4n) is 2.94. The number of halogens is 2. The highest BCUT2D eigenvalue weighted by Gasteiger charge is 2.21. The van der Waals surface area contributed by atoms with Gasteiger partial charge in [0, 0.05) is 17.2 Å². The number of para-hydroxylation sites is 1. The van der Waals surface area contributed by atoms with Crippen LogP contribution in [-0.4, -0.2) is 40.1 Å². The van der Waals surface area contributed by atoms with Crippen LogP contribution in [0.4, 0.5) is 10.1 Å². The standard InChI is InChI=1S/C21H20BrFN4O2/c1-13-10-15(22)8-9-18(13)25-20(28)12-26(3)21(29)16-11-24-27(14(16)2)19-7-5-4-6-17(19)23/h4-11H,12H2,1-3H3,(H,25,28). The molecule has 0 fully saturated rings. The molecular weight excluding hydrogens is 439 g/mol. The molecule has 0 unspecified atom stereocenters. The summed E-state index contributed by atoms with van der Waals surface area (Å²) in [5.41, 5.74) is 2.65. The second-order valence-corrected chi connectivity index (χ2v) is 7.59. The minimum atomic E-state index is -0.435. The Morgan fingerprint density at radius 1 is 1.21 bits per heavy atom. The van der Waals surface area contributed by atoms with E-state index in [0.29, 0.717) is 16.9 Å². The summed E-state index contributed by atoms with van der Waals surface area (Å²) in [6.45, 7) is 3.44. The van der Waals surface area contributed by atoms with Gasteiger partial charge in [0.1, 0.15) is 11.5 Å². The number of rotatable bonds is 5. The Morgan fingerprint density at radius 3 is 2.62 bits per heavy atom. The third-order valence-electron chi connectivity index (χ3n) is 4.51. The molecule has 1 N–H and O–H groups in total. The summed E-state index contributed by atoms with van der Waals surface area (Å²) in [4.78, 5) is 26.5. The van der Waals surface area contributed by atoms with Crippen molar-refractivity contribution in [3.63, 3.8) is 0 Å². The predicted octanol–water partition coefficient (Wildman–Crippen LogP) is 4.10. The molecule has 0 saturated carbocycles. The molecule has 3 rings (SSSR count). The minimum Gasteiger partial charge on any atom is -0.332 e. The molecule has 0 spiro atoms. The average Bonchev–Trinajstić information content (AvgIpc) is 3.05. The molecule has 3 aromatic rings. The number of hydrogen-bond acceptors (Lipinski definition) is 3. The molecule has 2 aromatic carbocycles. The molecule has 0 atom stereocenters. The van der Waals surface area contributed by atoms with E-state index in [1.807, 2.05) is 19.1 Å². The normalized spacial score (nSPS) is 10.7. The predicted molar refractivity (Wildman–Crippen MR) is 113 cm³/mol. The van der Waals surface area contributed by atoms with Gasteiger partial charge >= 0.3 is 0 Å². The number of aromatic nitrogens is 2. The van der Waals surface area contributed by atoms with Crippen LogP contribution in [0.5, 0.6) is 0 Å². The van der Waals surface area contributed by atoms with Crippen molar-refractivity contribution in [2.45, 2.75) is 13.8 Å². The molecule has 0 aliphatic rings. The van der Waals surface area contributed by atoms with E-state index in [4.69, 9.17) is 0 Å². The van der Waals surface area contributed by atoms with E-state index in [-0.39, 0.29) is 24.0 Å². The number of likely N-dealkylation sites (N-methyl/N-ethyl adjacent to an activating group) is 1. The molecule has 6 nitrogen and oxygen atoms in total. The molecule has 1 aromatic heterocycles. The highest BCUT2D eigenvalue weighted by Crippen LogP contribution is 2.20. The van der Waals surface area contributed by atoms with Gasteiger partial charge in [-0.25, -0.2) is 9.07 Å². The van der Waals surface area contributed by atoms with E-state index in [2.05, 4.69) is 26.3 Å². The minimum absolute atomic E-state index is 0.126. The topological polar surface area (TPSA) is 67.2 Å². The van der Waals surface area contributed by atoms with Gasteiger partial charge in [0.25, 0.3) is 5.91 Å². The Labute approximate surface area is 176 Å². The van der Waals surface area contributed by atoms with Crippen LogP contribution in [-0.2, 0) is 4.79 Å². The maximum absolute atomic E-state index is 14.0. The van der Waals surface area contributed by atoms with Crippen molar-refractivity contribution in [3.05, 3.63) is 75.8 Å². The van der Waals surface area contributed by atoms with E-state index in [1.165, 1.54) is 28.9 Å². The maximum Gasteiger partial charge on any atom is 0.257 e. The summed E-state index contributed by atoms with van der Waals surface area (Å²) >= 11 is 3.38. The van der Waals surface area contributed by atoms with Crippen molar-refractivity contribution < 1.29 is 14.0 Å². The van der Waals surface area contributed by atoms with Crippen molar-refractivity contribution in [2.24, 2.45) is 0 Å². The first-order valence-corrected chi connectivity index (χ1v) is 9.68. The van der Waals surface area contributed by atoms with E-state index < -0.39 is 5.82 Å². The van der Waals surface area contributed by atoms with Crippen molar-refractivity contribution in [1.29, 1.82) is 0 Å². The lowest BCUT2D eigenvalue weighted by atomic mass is 10.2. The SMILES string of the molecule is Cc1cc(Br)ccc1NC(=O)CN(C)C(=O)c1cnn(-c2ccccc2F)c1C. The number of benzene rings is 2. The van der Waals surface area contributed by atoms with Crippen molar-refractivity contribution >= 4 is 33.4 Å². The average molecular weight is 459 g/mol. The Hall–Kier alpha value is -3.00. The number of carbonyl (C=O) groups is 2. The fourth-order valence-corrected chi connectivity index (χ4v) is 3.41. The second kappa shape index (κ2) is 8.57. The van der Waals surface area contributed by atoms with E-state index in [0.717, 1.165) is 10.0 Å². The summed E-state index contributed by atoms with van der Waals surface area (Å²) in [5.74, 6) is -1.12. The van der Waals surface area contributed by atoms with Crippen molar-refractivity contribution in [2.75, 3.05) is 18.9 Å². The van der Waals surface area contributed by atoms with Crippen LogP contribution in [0.2, 0.25) is 0 Å². The molecule has 0 bridgehead atoms. The molecule has 0 saturated heterocycles. The molecule has 0 aliphatic carbocycles. The van der Waals surface area contributed by atoms with Gasteiger partial charge < -0.3 is 10.2 Å². The monoisotopic (exact) mass is 458 g/mol. The van der Waals surface area contributed by atoms with E-state index in [1.54, 1.807) is 31.2 Å². The largest absolute Gasteiger partial charge is 0.332 e. The second-order valence-electron chi connectivity index (χ2n) is 6.68. The van der Waals surface area contributed by atoms with Crippen LogP contribution in [0.25, 0.3) is 5.69 Å². The Kier molecular flexibility index (Phi) is 6.12. The van der Waals surface area contributed by atoms with Gasteiger partial charge in [0.2, 0.25) is 5.91 Å². The van der Waals surface area contributed by atoms with E-state index in [9.17, 15) is 14.0 Å². The van der Waals surface area contributed by atoms with Gasteiger partial charge in [0.05, 0.1) is 24.0 Å². The van der Waals surface area contributed by atoms with Crippen molar-refractivity contribution in [3.8, 4) is 5.69 Å². The number of anilines is 1. The van der Waals surface area contributed by atoms with Gasteiger partial charge in [-0.1, -0.05) is 28.1 Å². The van der Waals surface area contributed by atoms with Gasteiger partial charge in [-0.3, -0.25) is 9.59 Å². The van der Waals surface area contributed by atoms with E-state index >= 15 is 0 Å². The van der Waals surface area contributed by atoms with Gasteiger partial charge in [-0.05, 0) is 49.7 Å². The maximum atomic E-state index is 14.0. The lowest BCUT2D eigenvalue weighted by Gasteiger charge is -2.17. The van der Waals surface area contributed by atoms with Gasteiger partial charge in [-0.2, -0.15) is 5.10 Å². The van der Waals surface area contributed by atoms with Crippen molar-refractivity contribution in [1.82, 2.24) is 14.7 Å². The number of nitrogens with zero attached hydrogens (tertiary/aromatic N) is 3. The van der Waals surface area contributed by atoms with Crippen LogP contribution < -0.4 is 5.32 Å². The first kappa shape index (κ1) is 20.7. The molecule has 1 heterocycles. The number of hydrogen-bond donors (Lipinski definition) is 1. The van der Waals surface area contributed by atoms with Gasteiger partial charge in [-0.15, -0.1) is 0 Å². The summed E-state index contributed by atoms with van der Waals surface area (Å²) < 4.78 is 16.3. The Balaban J connectivity index is 1.72.